The minimum atomic E-state index is -4.78. The summed E-state index contributed by atoms with van der Waals surface area (Å²) >= 11 is 6.92. The van der Waals surface area contributed by atoms with Gasteiger partial charge < -0.3 is 25.6 Å². The molecule has 2 fully saturated rings. The van der Waals surface area contributed by atoms with Crippen LogP contribution in [0, 0.1) is 0 Å². The summed E-state index contributed by atoms with van der Waals surface area (Å²) in [6, 6.07) is 5.52. The number of halogens is 4. The molecule has 0 spiro atoms. The fourth-order valence-corrected chi connectivity index (χ4v) is 4.49. The van der Waals surface area contributed by atoms with Crippen LogP contribution in [0.25, 0.3) is 0 Å². The Morgan fingerprint density at radius 2 is 2.00 bits per heavy atom. The van der Waals surface area contributed by atoms with Crippen LogP contribution in [0.1, 0.15) is 28.1 Å². The molecule has 35 heavy (non-hydrogen) atoms. The van der Waals surface area contributed by atoms with E-state index in [-0.39, 0.29) is 38.0 Å². The summed E-state index contributed by atoms with van der Waals surface area (Å²) in [6.07, 6.45) is -3.12. The topological polar surface area (TPSA) is 99.8 Å². The van der Waals surface area contributed by atoms with Crippen molar-refractivity contribution in [2.75, 3.05) is 36.5 Å². The number of benzene rings is 1. The normalized spacial score (nSPS) is 17.3. The van der Waals surface area contributed by atoms with Crippen LogP contribution in [0.3, 0.4) is 0 Å². The summed E-state index contributed by atoms with van der Waals surface area (Å²) in [5.74, 6) is -1.60. The molecule has 0 radical (unpaired) electrons. The van der Waals surface area contributed by atoms with E-state index in [0.717, 1.165) is 36.3 Å². The van der Waals surface area contributed by atoms with Gasteiger partial charge in [-0.25, -0.2) is 0 Å². The van der Waals surface area contributed by atoms with Crippen LogP contribution >= 0.6 is 22.9 Å². The molecule has 2 heterocycles. The number of anilines is 2. The molecule has 4 rings (SSSR count). The maximum atomic E-state index is 13.8. The molecule has 1 aliphatic carbocycles. The van der Waals surface area contributed by atoms with E-state index in [9.17, 15) is 27.6 Å². The first-order chi connectivity index (χ1) is 16.6. The van der Waals surface area contributed by atoms with Gasteiger partial charge in [-0.1, -0.05) is 11.6 Å². The summed E-state index contributed by atoms with van der Waals surface area (Å²) in [4.78, 5) is 38.9. The standard InChI is InChI=1S/C22H22ClF3N4O4S/c23-18-6-5-17(35-18)21(33)27-10-16(28-12-1-2-12)20(32)29-15-4-3-13(9-14(15)22(24,25)26)30-7-8-34-11-19(30)31/h3-6,9,12,16,28H,1-2,7-8,10-11H2,(H,27,33)(H,29,32)/t16-/m1/s1. The van der Waals surface area contributed by atoms with E-state index in [1.807, 2.05) is 0 Å². The molecule has 3 amide bonds. The van der Waals surface area contributed by atoms with Crippen molar-refractivity contribution in [3.8, 4) is 0 Å². The Morgan fingerprint density at radius 1 is 1.23 bits per heavy atom. The van der Waals surface area contributed by atoms with E-state index >= 15 is 0 Å². The van der Waals surface area contributed by atoms with Gasteiger partial charge in [0.25, 0.3) is 11.8 Å². The molecule has 8 nitrogen and oxygen atoms in total. The van der Waals surface area contributed by atoms with Gasteiger partial charge in [0.1, 0.15) is 12.6 Å². The van der Waals surface area contributed by atoms with Crippen molar-refractivity contribution >= 4 is 52.0 Å². The second kappa shape index (κ2) is 10.5. The Kier molecular flexibility index (Phi) is 7.64. The molecule has 1 aromatic heterocycles. The Hall–Kier alpha value is -2.67. The second-order valence-electron chi connectivity index (χ2n) is 8.12. The lowest BCUT2D eigenvalue weighted by molar-refractivity contribution is -0.137. The van der Waals surface area contributed by atoms with Crippen LogP contribution in [0.2, 0.25) is 4.34 Å². The number of thiophene rings is 1. The van der Waals surface area contributed by atoms with Gasteiger partial charge in [0.15, 0.2) is 0 Å². The average Bonchev–Trinajstić information content (AvgIpc) is 3.53. The number of carbonyl (C=O) groups excluding carboxylic acids is 3. The Bertz CT molecular complexity index is 1120. The molecular weight excluding hydrogens is 509 g/mol. The van der Waals surface area contributed by atoms with Crippen molar-refractivity contribution in [1.82, 2.24) is 10.6 Å². The highest BCUT2D eigenvalue weighted by Crippen LogP contribution is 2.37. The maximum Gasteiger partial charge on any atom is 0.418 e. The van der Waals surface area contributed by atoms with Gasteiger partial charge in [-0.05, 0) is 43.2 Å². The Labute approximate surface area is 207 Å². The second-order valence-corrected chi connectivity index (χ2v) is 9.84. The molecule has 2 aliphatic rings. The number of hydrogen-bond donors (Lipinski definition) is 3. The zero-order valence-electron chi connectivity index (χ0n) is 18.3. The van der Waals surface area contributed by atoms with E-state index < -0.39 is 41.2 Å². The van der Waals surface area contributed by atoms with Crippen molar-refractivity contribution in [2.24, 2.45) is 0 Å². The van der Waals surface area contributed by atoms with E-state index in [4.69, 9.17) is 16.3 Å². The monoisotopic (exact) mass is 530 g/mol. The van der Waals surface area contributed by atoms with Crippen LogP contribution < -0.4 is 20.9 Å². The third-order valence-electron chi connectivity index (χ3n) is 5.46. The highest BCUT2D eigenvalue weighted by atomic mass is 35.5. The lowest BCUT2D eigenvalue weighted by Crippen LogP contribution is -2.49. The molecule has 1 aliphatic heterocycles. The van der Waals surface area contributed by atoms with Crippen LogP contribution in [0.5, 0.6) is 0 Å². The van der Waals surface area contributed by atoms with Crippen molar-refractivity contribution < 1.29 is 32.3 Å². The third-order valence-corrected chi connectivity index (χ3v) is 6.69. The summed E-state index contributed by atoms with van der Waals surface area (Å²) in [7, 11) is 0. The predicted molar refractivity (Wildman–Crippen MR) is 125 cm³/mol. The summed E-state index contributed by atoms with van der Waals surface area (Å²) in [6.45, 7) is 0.00398. The number of amides is 3. The first-order valence-corrected chi connectivity index (χ1v) is 12.0. The molecule has 1 saturated heterocycles. The van der Waals surface area contributed by atoms with Crippen LogP contribution in [0.15, 0.2) is 30.3 Å². The highest BCUT2D eigenvalue weighted by Gasteiger charge is 2.36. The molecule has 2 aromatic rings. The minimum Gasteiger partial charge on any atom is -0.370 e. The molecular formula is C22H22ClF3N4O4S. The number of alkyl halides is 3. The lowest BCUT2D eigenvalue weighted by Gasteiger charge is -2.28. The van der Waals surface area contributed by atoms with Crippen LogP contribution in [-0.2, 0) is 20.5 Å². The third kappa shape index (κ3) is 6.51. The summed E-state index contributed by atoms with van der Waals surface area (Å²) < 4.78 is 47.0. The number of nitrogens with one attached hydrogen (secondary N) is 3. The number of ether oxygens (including phenoxy) is 1. The molecule has 188 valence electrons. The fourth-order valence-electron chi connectivity index (χ4n) is 3.53. The Balaban J connectivity index is 1.50. The van der Waals surface area contributed by atoms with E-state index in [2.05, 4.69) is 16.0 Å². The van der Waals surface area contributed by atoms with Crippen LogP contribution in [0.4, 0.5) is 24.5 Å². The zero-order chi connectivity index (χ0) is 25.2. The molecule has 3 N–H and O–H groups in total. The van der Waals surface area contributed by atoms with E-state index in [1.165, 1.54) is 11.0 Å². The molecule has 1 aromatic carbocycles. The molecule has 0 bridgehead atoms. The average molecular weight is 531 g/mol. The van der Waals surface area contributed by atoms with Crippen molar-refractivity contribution in [1.29, 1.82) is 0 Å². The number of morpholine rings is 1. The lowest BCUT2D eigenvalue weighted by atomic mass is 10.1. The van der Waals surface area contributed by atoms with E-state index in [0.29, 0.717) is 9.21 Å². The summed E-state index contributed by atoms with van der Waals surface area (Å²) in [5, 5.41) is 8.02. The first-order valence-electron chi connectivity index (χ1n) is 10.8. The largest absolute Gasteiger partial charge is 0.418 e. The number of rotatable bonds is 8. The minimum absolute atomic E-state index is 0.0515. The Morgan fingerprint density at radius 3 is 2.63 bits per heavy atom. The first kappa shape index (κ1) is 25.4. The van der Waals surface area contributed by atoms with Gasteiger partial charge in [-0.3, -0.25) is 14.4 Å². The quantitative estimate of drug-likeness (QED) is 0.486. The highest BCUT2D eigenvalue weighted by molar-refractivity contribution is 7.18. The summed E-state index contributed by atoms with van der Waals surface area (Å²) in [5.41, 5.74) is -1.45. The zero-order valence-corrected chi connectivity index (χ0v) is 19.9. The fraction of sp³-hybridized carbons (Fsp3) is 0.409. The van der Waals surface area contributed by atoms with Crippen molar-refractivity contribution in [3.05, 3.63) is 45.1 Å². The van der Waals surface area contributed by atoms with Crippen LogP contribution in [-0.4, -0.2) is 56.1 Å². The van der Waals surface area contributed by atoms with Gasteiger partial charge >= 0.3 is 6.18 Å². The van der Waals surface area contributed by atoms with Crippen molar-refractivity contribution in [2.45, 2.75) is 31.1 Å². The van der Waals surface area contributed by atoms with E-state index in [1.54, 1.807) is 12.1 Å². The predicted octanol–water partition coefficient (Wildman–Crippen LogP) is 3.27. The molecule has 1 atom stereocenters. The number of hydrogen-bond acceptors (Lipinski definition) is 6. The maximum absolute atomic E-state index is 13.8. The smallest absolute Gasteiger partial charge is 0.370 e. The molecule has 13 heteroatoms. The molecule has 0 unspecified atom stereocenters. The number of carbonyl (C=O) groups is 3. The number of nitrogens with zero attached hydrogens (tertiary/aromatic N) is 1. The van der Waals surface area contributed by atoms with Gasteiger partial charge in [0, 0.05) is 24.8 Å². The van der Waals surface area contributed by atoms with Gasteiger partial charge in [-0.15, -0.1) is 11.3 Å². The van der Waals surface area contributed by atoms with Gasteiger partial charge in [-0.2, -0.15) is 13.2 Å². The van der Waals surface area contributed by atoms with Gasteiger partial charge in [0.2, 0.25) is 5.91 Å². The van der Waals surface area contributed by atoms with Crippen molar-refractivity contribution in [3.63, 3.8) is 0 Å². The van der Waals surface area contributed by atoms with Gasteiger partial charge in [0.05, 0.1) is 27.1 Å². The SMILES string of the molecule is O=C(NC[C@@H](NC1CC1)C(=O)Nc1ccc(N2CCOCC2=O)cc1C(F)(F)F)c1ccc(Cl)s1. The molecule has 1 saturated carbocycles.